The molecule has 0 aliphatic rings. The molecule has 0 spiro atoms. The quantitative estimate of drug-likeness (QED) is 0.172. The third kappa shape index (κ3) is 6.41. The molecule has 49 heavy (non-hydrogen) atoms. The Bertz CT molecular complexity index is 1350. The van der Waals surface area contributed by atoms with Crippen molar-refractivity contribution in [3.8, 4) is 0 Å². The van der Waals surface area contributed by atoms with Gasteiger partial charge in [-0.2, -0.15) is 119 Å². The molecule has 0 heterocycles. The topological polar surface area (TPSA) is 77.5 Å². The Hall–Kier alpha value is -0.944. The van der Waals surface area contributed by atoms with Crippen LogP contribution >= 0.6 is 0 Å². The van der Waals surface area contributed by atoms with Gasteiger partial charge in [0.05, 0.1) is 0 Å². The molecule has 0 aliphatic heterocycles. The molecular weight excluding hydrogens is 849 g/mol. The number of halogens is 28. The summed E-state index contributed by atoms with van der Waals surface area (Å²) in [6.45, 7) is 0. The monoisotopic (exact) mass is 849 g/mol. The number of alkyl halides is 28. The Morgan fingerprint density at radius 3 is 0.878 bits per heavy atom. The van der Waals surface area contributed by atoms with E-state index in [1.807, 2.05) is 0 Å². The second-order valence-corrected chi connectivity index (χ2v) is 10.1. The van der Waals surface area contributed by atoms with Crippen molar-refractivity contribution in [1.29, 1.82) is 0 Å². The Labute approximate surface area is 289 Å². The number of carboxylic acid groups (broad SMARTS) is 1. The third-order valence-electron chi connectivity index (χ3n) is 5.17. The first-order chi connectivity index (χ1) is 20.1. The standard InChI is InChI=1S/C14HF28NO4S.K/c15-2(1(44)45,10(30,31)32)43(13(39,40)9(28,29)12(36,37)38)48(46,47)14(41,42)8(26,27)6(22,23)4(18,19)3(16,17)5(20,21)7(24,25)11(33,34)35;/h(H,44,45);/q;+1/p-1/t2-;/m1./s1. The van der Waals surface area contributed by atoms with Gasteiger partial charge in [0.15, 0.2) is 0 Å². The molecule has 0 unspecified atom stereocenters. The number of hydrogen-bond donors (Lipinski definition) is 0. The molecule has 0 aliphatic carbocycles. The van der Waals surface area contributed by atoms with E-state index in [1.54, 1.807) is 0 Å². The van der Waals surface area contributed by atoms with Crippen molar-refractivity contribution >= 4 is 16.0 Å². The van der Waals surface area contributed by atoms with E-state index in [0.29, 0.717) is 0 Å². The summed E-state index contributed by atoms with van der Waals surface area (Å²) in [7, 11) is -10.9. The van der Waals surface area contributed by atoms with E-state index in [-0.39, 0.29) is 51.4 Å². The number of carbonyl (C=O) groups excluding carboxylic acids is 1. The van der Waals surface area contributed by atoms with Crippen molar-refractivity contribution in [3.05, 3.63) is 0 Å². The van der Waals surface area contributed by atoms with Gasteiger partial charge in [-0.15, -0.1) is 0 Å². The molecule has 0 rings (SSSR count). The van der Waals surface area contributed by atoms with Crippen molar-refractivity contribution in [3.63, 3.8) is 0 Å². The molecule has 0 fully saturated rings. The Morgan fingerprint density at radius 1 is 0.408 bits per heavy atom. The van der Waals surface area contributed by atoms with E-state index >= 15 is 0 Å². The smallest absolute Gasteiger partial charge is 0.545 e. The van der Waals surface area contributed by atoms with Gasteiger partial charge in [0.25, 0.3) is 10.0 Å². The second kappa shape index (κ2) is 12.6. The first-order valence-corrected chi connectivity index (χ1v) is 11.1. The van der Waals surface area contributed by atoms with Gasteiger partial charge in [-0.25, -0.2) is 12.8 Å². The molecule has 0 saturated heterocycles. The SMILES string of the molecule is O=C([O-])[C@@](F)(N(C(F)(F)C(F)(F)C(F)(F)F)S(=O)(=O)C(F)(F)C(F)(F)C(F)(F)C(F)(F)C(F)(F)C(F)(F)C(F)(F)C(F)(F)F)C(F)(F)F.[K+]. The summed E-state index contributed by atoms with van der Waals surface area (Å²) < 4.78 is 389. The summed E-state index contributed by atoms with van der Waals surface area (Å²) in [6.07, 6.45) is -25.6. The molecule has 35 heteroatoms. The fourth-order valence-corrected chi connectivity index (χ4v) is 4.16. The molecule has 0 aromatic rings. The maximum atomic E-state index is 14.3. The number of hydrogen-bond acceptors (Lipinski definition) is 4. The predicted molar refractivity (Wildman–Crippen MR) is 82.3 cm³/mol. The van der Waals surface area contributed by atoms with Crippen LogP contribution in [0.3, 0.4) is 0 Å². The fourth-order valence-electron chi connectivity index (χ4n) is 2.55. The van der Waals surface area contributed by atoms with Crippen LogP contribution in [0.1, 0.15) is 0 Å². The molecule has 0 aromatic heterocycles. The minimum Gasteiger partial charge on any atom is -0.545 e. The number of carboxylic acids is 1. The van der Waals surface area contributed by atoms with E-state index in [9.17, 15) is 141 Å². The van der Waals surface area contributed by atoms with Crippen molar-refractivity contribution < 1.29 is 193 Å². The molecule has 0 saturated carbocycles. The molecule has 0 amide bonds. The Balaban J connectivity index is 0. The molecule has 0 aromatic carbocycles. The largest absolute Gasteiger partial charge is 1.00 e. The first-order valence-electron chi connectivity index (χ1n) is 9.62. The average Bonchev–Trinajstić information content (AvgIpc) is 2.80. The Kier molecular flexibility index (Phi) is 12.9. The van der Waals surface area contributed by atoms with Crippen LogP contribution in [0.15, 0.2) is 0 Å². The van der Waals surface area contributed by atoms with Crippen molar-refractivity contribution in [1.82, 2.24) is 4.31 Å². The van der Waals surface area contributed by atoms with Crippen LogP contribution in [0.4, 0.5) is 123 Å². The molecule has 0 radical (unpaired) electrons. The van der Waals surface area contributed by atoms with E-state index in [1.165, 1.54) is 0 Å². The summed E-state index contributed by atoms with van der Waals surface area (Å²) >= 11 is 0. The zero-order valence-corrected chi connectivity index (χ0v) is 25.0. The Morgan fingerprint density at radius 2 is 0.653 bits per heavy atom. The van der Waals surface area contributed by atoms with E-state index in [4.69, 9.17) is 0 Å². The van der Waals surface area contributed by atoms with Gasteiger partial charge in [-0.1, -0.05) is 4.31 Å². The van der Waals surface area contributed by atoms with Gasteiger partial charge >= 0.3 is 128 Å². The summed E-state index contributed by atoms with van der Waals surface area (Å²) in [5.74, 6) is -81.3. The summed E-state index contributed by atoms with van der Waals surface area (Å²) in [5.41, 5.74) is 0. The summed E-state index contributed by atoms with van der Waals surface area (Å²) in [6, 6.07) is -9.43. The van der Waals surface area contributed by atoms with E-state index in [0.717, 1.165) is 0 Å². The van der Waals surface area contributed by atoms with Crippen LogP contribution in [0.5, 0.6) is 0 Å². The van der Waals surface area contributed by atoms with Gasteiger partial charge in [0, 0.05) is 0 Å². The number of nitrogens with zero attached hydrogens (tertiary/aromatic N) is 1. The fraction of sp³-hybridized carbons (Fsp3) is 0.929. The maximum absolute atomic E-state index is 14.3. The zero-order chi connectivity index (χ0) is 40.2. The molecule has 1 atom stereocenters. The van der Waals surface area contributed by atoms with Crippen LogP contribution < -0.4 is 56.5 Å². The van der Waals surface area contributed by atoms with Crippen LogP contribution in [0.25, 0.3) is 0 Å². The van der Waals surface area contributed by atoms with Crippen molar-refractivity contribution in [2.24, 2.45) is 0 Å². The summed E-state index contributed by atoms with van der Waals surface area (Å²) in [4.78, 5) is 10.5. The molecule has 288 valence electrons. The molecule has 0 bridgehead atoms. The zero-order valence-electron chi connectivity index (χ0n) is 21.1. The van der Waals surface area contributed by atoms with Crippen molar-refractivity contribution in [2.45, 2.75) is 77.1 Å². The number of aliphatic carboxylic acids is 1. The predicted octanol–water partition coefficient (Wildman–Crippen LogP) is 3.36. The van der Waals surface area contributed by atoms with Crippen LogP contribution in [0, 0.1) is 0 Å². The average molecular weight is 849 g/mol. The van der Waals surface area contributed by atoms with Crippen molar-refractivity contribution in [2.75, 3.05) is 0 Å². The maximum Gasteiger partial charge on any atom is 1.00 e. The van der Waals surface area contributed by atoms with Crippen LogP contribution in [-0.2, 0) is 14.8 Å². The van der Waals surface area contributed by atoms with Crippen LogP contribution in [-0.4, -0.2) is 95.8 Å². The van der Waals surface area contributed by atoms with Gasteiger partial charge in [-0.3, -0.25) is 0 Å². The normalized spacial score (nSPS) is 17.5. The van der Waals surface area contributed by atoms with Gasteiger partial charge in [0.2, 0.25) is 0 Å². The number of carbonyl (C=O) groups is 1. The van der Waals surface area contributed by atoms with Gasteiger partial charge in [0.1, 0.15) is 5.97 Å². The molecule has 0 N–H and O–H groups in total. The van der Waals surface area contributed by atoms with Gasteiger partial charge in [-0.05, 0) is 0 Å². The molecular formula is C14F28KNO4S. The first kappa shape index (κ1) is 50.2. The number of sulfonamides is 1. The number of rotatable bonds is 12. The van der Waals surface area contributed by atoms with E-state index in [2.05, 4.69) is 0 Å². The third-order valence-corrected chi connectivity index (χ3v) is 7.04. The van der Waals surface area contributed by atoms with Gasteiger partial charge < -0.3 is 9.90 Å². The second-order valence-electron chi connectivity index (χ2n) is 8.25. The van der Waals surface area contributed by atoms with Crippen LogP contribution in [0.2, 0.25) is 0 Å². The summed E-state index contributed by atoms with van der Waals surface area (Å²) in [5, 5.41) is 0.616. The minimum absolute atomic E-state index is 0. The van der Waals surface area contributed by atoms with E-state index < -0.39 is 97.4 Å². The minimum atomic E-state index is -10.9. The molecule has 5 nitrogen and oxygen atoms in total.